The average molecular weight is 1920 g/mol. The van der Waals surface area contributed by atoms with Gasteiger partial charge in [-0.3, -0.25) is 93.7 Å². The standard InChI is InChI=1S/C35H40N4O8.C19H23N3O6.C17H18N2O5.C12H16N2O5.C11H12N2O7/c1-4-47-35(44)31-16-27(21-37(31)14-12-34(42)43)18-32(40)29-15-26(22-38(29)20-24(2)3)17-33(41)30-19-28(39(45)46)23-36(30)13-8-11-25-9-6-5-7-10-25;1-5-28-19(25)18(24)16-6-13(10-20(16)4)7-17(23)15-8-14(22(26)27)11-21(15)9-12(2)3;1-2-24-17(21)16(20)15-11-14(19(22)23)12-18(15)10-6-9-13-7-4-3-5-8-13;1-3-5-6-13-8-9(14(17)18)7-10(13)11(15)12(16)19-4-2;1-2-20-11(17)10(16)8-5-7(13(18)19)6-12(8)4-3-9(14)15/h5-7,9-10,15-16,19,21-24H,4,8,11-14,17-18,20H2,1-3H3,(H,42,43);6,8,10-12H,5,7,9H2,1-4H3;3-5,7-8,11-12H,2,6,9-10H2,1H3;7-8H,3-6H2,1-2H3;5-6H,2-4H2,1H3,(H,14,15). The molecule has 0 radical (unpaired) electrons. The highest BCUT2D eigenvalue weighted by molar-refractivity contribution is 6.41. The number of aryl methyl sites for hydroxylation is 8. The summed E-state index contributed by atoms with van der Waals surface area (Å²) in [6.07, 6.45) is 15.1. The minimum Gasteiger partial charge on any atom is -0.481 e. The molecular weight excluding hydrogens is 1810 g/mol. The van der Waals surface area contributed by atoms with Crippen LogP contribution in [-0.4, -0.2) is 187 Å². The predicted octanol–water partition coefficient (Wildman–Crippen LogP) is 13.7. The number of hydrogen-bond acceptors (Lipinski definition) is 29. The van der Waals surface area contributed by atoms with Crippen molar-refractivity contribution in [3.05, 3.63) is 283 Å². The Morgan fingerprint density at radius 3 is 0.920 bits per heavy atom. The fourth-order valence-corrected chi connectivity index (χ4v) is 13.9. The summed E-state index contributed by atoms with van der Waals surface area (Å²) >= 11 is 0. The second kappa shape index (κ2) is 54.1. The van der Waals surface area contributed by atoms with Crippen molar-refractivity contribution in [2.75, 3.05) is 33.0 Å². The van der Waals surface area contributed by atoms with Crippen LogP contribution in [0.5, 0.6) is 0 Å². The van der Waals surface area contributed by atoms with Crippen LogP contribution in [0, 0.1) is 62.4 Å². The van der Waals surface area contributed by atoms with E-state index in [1.165, 1.54) is 74.2 Å². The van der Waals surface area contributed by atoms with Crippen LogP contribution < -0.4 is 0 Å². The first-order chi connectivity index (χ1) is 65.5. The Kier molecular flexibility index (Phi) is 43.3. The highest BCUT2D eigenvalue weighted by Crippen LogP contribution is 2.28. The van der Waals surface area contributed by atoms with Crippen molar-refractivity contribution in [1.82, 2.24) is 36.5 Å². The number of ether oxygens (including phenoxy) is 5. The molecule has 8 heterocycles. The van der Waals surface area contributed by atoms with E-state index in [4.69, 9.17) is 19.7 Å². The van der Waals surface area contributed by atoms with Gasteiger partial charge in [-0.05, 0) is 125 Å². The molecular formula is C94H109N13O31. The normalized spacial score (nSPS) is 10.7. The van der Waals surface area contributed by atoms with Gasteiger partial charge in [0.15, 0.2) is 17.3 Å². The number of carbonyl (C=O) groups is 14. The first-order valence-electron chi connectivity index (χ1n) is 43.9. The highest BCUT2D eigenvalue weighted by Gasteiger charge is 2.32. The van der Waals surface area contributed by atoms with E-state index in [-0.39, 0.29) is 170 Å². The van der Waals surface area contributed by atoms with Gasteiger partial charge in [-0.25, -0.2) is 24.0 Å². The summed E-state index contributed by atoms with van der Waals surface area (Å²) in [5.74, 6) is -10.9. The fourth-order valence-electron chi connectivity index (χ4n) is 13.9. The smallest absolute Gasteiger partial charge is 0.381 e. The third-order valence-electron chi connectivity index (χ3n) is 20.1. The van der Waals surface area contributed by atoms with Gasteiger partial charge >= 0.3 is 41.8 Å². The molecule has 0 amide bonds. The zero-order valence-corrected chi connectivity index (χ0v) is 78.0. The van der Waals surface area contributed by atoms with E-state index >= 15 is 0 Å². The van der Waals surface area contributed by atoms with Crippen LogP contribution in [-0.2, 0) is 137 Å². The predicted molar refractivity (Wildman–Crippen MR) is 492 cm³/mol. The fraction of sp³-hybridized carbons (Fsp3) is 0.383. The summed E-state index contributed by atoms with van der Waals surface area (Å²) in [6, 6.07) is 30.0. The summed E-state index contributed by atoms with van der Waals surface area (Å²) < 4.78 is 35.6. The van der Waals surface area contributed by atoms with Crippen molar-refractivity contribution in [1.29, 1.82) is 0 Å². The van der Waals surface area contributed by atoms with Crippen LogP contribution in [0.25, 0.3) is 0 Å². The van der Waals surface area contributed by atoms with Gasteiger partial charge in [-0.15, -0.1) is 0 Å². The van der Waals surface area contributed by atoms with Crippen LogP contribution in [0.3, 0.4) is 0 Å². The molecule has 0 saturated heterocycles. The van der Waals surface area contributed by atoms with Crippen molar-refractivity contribution in [3.8, 4) is 0 Å². The maximum Gasteiger partial charge on any atom is 0.381 e. The number of nitrogens with zero attached hydrogens (tertiary/aromatic N) is 13. The molecule has 8 aromatic heterocycles. The zero-order chi connectivity index (χ0) is 102. The third-order valence-corrected chi connectivity index (χ3v) is 20.1. The van der Waals surface area contributed by atoms with Crippen LogP contribution in [0.4, 0.5) is 28.4 Å². The number of Topliss-reactive ketones (excluding diaryl/α,β-unsaturated/α-hetero) is 7. The number of ketones is 7. The van der Waals surface area contributed by atoms with Gasteiger partial charge in [0.25, 0.3) is 51.6 Å². The van der Waals surface area contributed by atoms with E-state index in [1.54, 1.807) is 68.5 Å². The SMILES string of the molecule is CCCCn1cc([N+](=O)[O-])cc1C(=O)C(=O)OCC.CCOC(=O)C(=O)c1cc(CC(=O)c2cc([N+](=O)[O-])cn2CC(C)C)cn1C.CCOC(=O)C(=O)c1cc([N+](=O)[O-])cn1CCC(=O)O.CCOC(=O)C(=O)c1cc([N+](=O)[O-])cn1CCCc1ccccc1.CCOC(=O)c1cc(CC(=O)c2cc(CC(=O)c3cc([N+](=O)[O-])cn3CCCc3ccccc3)cn2CC(C)C)cn1CCC(=O)O. The second-order valence-electron chi connectivity index (χ2n) is 31.6. The minimum absolute atomic E-state index is 0.00130. The molecule has 138 heavy (non-hydrogen) atoms. The highest BCUT2D eigenvalue weighted by atomic mass is 16.6. The monoisotopic (exact) mass is 1920 g/mol. The molecule has 10 rings (SSSR count). The Morgan fingerprint density at radius 2 is 0.587 bits per heavy atom. The summed E-state index contributed by atoms with van der Waals surface area (Å²) in [7, 11) is 1.59. The number of esters is 5. The molecule has 0 saturated carbocycles. The molecule has 2 N–H and O–H groups in total. The lowest BCUT2D eigenvalue weighted by atomic mass is 10.1. The molecule has 0 aliphatic rings. The first-order valence-corrected chi connectivity index (χ1v) is 43.9. The molecule has 0 bridgehead atoms. The topological polar surface area (TPSA) is 581 Å². The molecule has 0 unspecified atom stereocenters. The van der Waals surface area contributed by atoms with Crippen molar-refractivity contribution in [3.63, 3.8) is 0 Å². The van der Waals surface area contributed by atoms with Gasteiger partial charge < -0.3 is 70.4 Å². The lowest BCUT2D eigenvalue weighted by Crippen LogP contribution is -2.21. The van der Waals surface area contributed by atoms with Gasteiger partial charge in [-0.1, -0.05) is 102 Å². The van der Waals surface area contributed by atoms with Gasteiger partial charge in [-0.2, -0.15) is 0 Å². The summed E-state index contributed by atoms with van der Waals surface area (Å²) in [6.45, 7) is 20.4. The Balaban J connectivity index is 0.000000278. The molecule has 0 aliphatic carbocycles. The Morgan fingerprint density at radius 1 is 0.319 bits per heavy atom. The van der Waals surface area contributed by atoms with Gasteiger partial charge in [0.1, 0.15) is 22.8 Å². The van der Waals surface area contributed by atoms with E-state index in [0.29, 0.717) is 67.9 Å². The largest absolute Gasteiger partial charge is 0.481 e. The molecule has 0 atom stereocenters. The van der Waals surface area contributed by atoms with E-state index < -0.39 is 95.2 Å². The summed E-state index contributed by atoms with van der Waals surface area (Å²) in [4.78, 5) is 220. The van der Waals surface area contributed by atoms with Crippen LogP contribution in [0.15, 0.2) is 159 Å². The maximum atomic E-state index is 13.6. The molecule has 10 aromatic rings. The van der Waals surface area contributed by atoms with E-state index in [1.807, 2.05) is 99.8 Å². The van der Waals surface area contributed by atoms with Gasteiger partial charge in [0, 0.05) is 121 Å². The van der Waals surface area contributed by atoms with Crippen LogP contribution in [0.2, 0.25) is 0 Å². The Labute approximate surface area is 789 Å². The van der Waals surface area contributed by atoms with Crippen LogP contribution in [0.1, 0.15) is 219 Å². The number of benzene rings is 2. The number of carboxylic acids is 2. The van der Waals surface area contributed by atoms with Gasteiger partial charge in [0.2, 0.25) is 0 Å². The number of carboxylic acid groups (broad SMARTS) is 2. The lowest BCUT2D eigenvalue weighted by molar-refractivity contribution is -0.385. The molecule has 2 aromatic carbocycles. The molecule has 44 nitrogen and oxygen atoms in total. The van der Waals surface area contributed by atoms with E-state index in [2.05, 4.69) is 14.2 Å². The molecule has 0 aliphatic heterocycles. The molecule has 0 fully saturated rings. The van der Waals surface area contributed by atoms with Gasteiger partial charge in [0.05, 0.1) is 124 Å². The van der Waals surface area contributed by atoms with E-state index in [9.17, 15) is 118 Å². The number of nitro groups is 5. The van der Waals surface area contributed by atoms with Crippen molar-refractivity contribution in [2.45, 2.75) is 186 Å². The first kappa shape index (κ1) is 110. The minimum atomic E-state index is -1.14. The summed E-state index contributed by atoms with van der Waals surface area (Å²) in [5, 5.41) is 72.7. The Bertz CT molecular complexity index is 6060. The van der Waals surface area contributed by atoms with Crippen LogP contribution >= 0.6 is 0 Å². The maximum absolute atomic E-state index is 13.6. The average Bonchev–Trinajstić information content (AvgIpc) is 1.67. The Hall–Kier alpha value is -16.3. The second-order valence-corrected chi connectivity index (χ2v) is 31.6. The third kappa shape index (κ3) is 33.4. The van der Waals surface area contributed by atoms with Crippen molar-refractivity contribution < 1.29 is 126 Å². The molecule has 0 spiro atoms. The quantitative estimate of drug-likeness (QED) is 0.00893. The van der Waals surface area contributed by atoms with E-state index in [0.717, 1.165) is 65.8 Å². The van der Waals surface area contributed by atoms with Crippen molar-refractivity contribution >= 4 is 111 Å². The number of rotatable bonds is 49. The number of hydrogen-bond donors (Lipinski definition) is 2. The lowest BCUT2D eigenvalue weighted by Gasteiger charge is -2.10. The number of aliphatic carboxylic acids is 2. The number of carbonyl (C=O) groups excluding carboxylic acids is 12. The zero-order valence-electron chi connectivity index (χ0n) is 78.0. The molecule has 736 valence electrons. The molecule has 44 heteroatoms. The summed E-state index contributed by atoms with van der Waals surface area (Å²) in [5.41, 5.74) is 3.67. The number of aromatic nitrogens is 8. The number of unbranched alkanes of at least 4 members (excludes halogenated alkanes) is 1. The van der Waals surface area contributed by atoms with Crippen molar-refractivity contribution in [2.24, 2.45) is 18.9 Å².